The molecule has 3 rings (SSSR count). The van der Waals surface area contributed by atoms with Crippen molar-refractivity contribution in [3.63, 3.8) is 0 Å². The van der Waals surface area contributed by atoms with Crippen molar-refractivity contribution in [1.82, 2.24) is 10.3 Å². The number of benzene rings is 2. The van der Waals surface area contributed by atoms with Crippen LogP contribution in [0.3, 0.4) is 0 Å². The van der Waals surface area contributed by atoms with E-state index in [1.165, 1.54) is 5.56 Å². The molecule has 0 aliphatic rings. The third-order valence-electron chi connectivity index (χ3n) is 3.62. The number of nitrogens with zero attached hydrogens (tertiary/aromatic N) is 1. The number of nitrogens with one attached hydrogen (secondary N) is 1. The number of halogens is 1. The summed E-state index contributed by atoms with van der Waals surface area (Å²) in [5.41, 5.74) is 3.81. The first-order valence-electron chi connectivity index (χ1n) is 7.02. The Morgan fingerprint density at radius 1 is 1.05 bits per heavy atom. The molecule has 3 heteroatoms. The van der Waals surface area contributed by atoms with Crippen molar-refractivity contribution in [3.8, 4) is 0 Å². The van der Waals surface area contributed by atoms with Gasteiger partial charge in [-0.15, -0.1) is 0 Å². The summed E-state index contributed by atoms with van der Waals surface area (Å²) < 4.78 is 14.0. The Morgan fingerprint density at radius 2 is 1.90 bits per heavy atom. The topological polar surface area (TPSA) is 24.9 Å². The monoisotopic (exact) mass is 280 g/mol. The van der Waals surface area contributed by atoms with E-state index in [1.807, 2.05) is 49.6 Å². The third-order valence-corrected chi connectivity index (χ3v) is 3.62. The van der Waals surface area contributed by atoms with Crippen molar-refractivity contribution in [2.24, 2.45) is 0 Å². The second kappa shape index (κ2) is 6.02. The predicted octanol–water partition coefficient (Wildman–Crippen LogP) is 3.68. The third kappa shape index (κ3) is 2.93. The van der Waals surface area contributed by atoms with Gasteiger partial charge in [0.1, 0.15) is 5.82 Å². The van der Waals surface area contributed by atoms with Gasteiger partial charge in [0.2, 0.25) is 0 Å². The van der Waals surface area contributed by atoms with Crippen LogP contribution in [0.25, 0.3) is 10.9 Å². The van der Waals surface area contributed by atoms with Gasteiger partial charge in [0.15, 0.2) is 0 Å². The summed E-state index contributed by atoms with van der Waals surface area (Å²) in [5, 5.41) is 4.09. The van der Waals surface area contributed by atoms with E-state index in [0.717, 1.165) is 16.5 Å². The number of para-hydroxylation sites is 1. The molecular formula is C18H17FN2. The van der Waals surface area contributed by atoms with Crippen molar-refractivity contribution in [2.75, 3.05) is 7.05 Å². The fraction of sp³-hybridized carbons (Fsp3) is 0.167. The van der Waals surface area contributed by atoms with Crippen LogP contribution in [-0.4, -0.2) is 12.0 Å². The van der Waals surface area contributed by atoms with Gasteiger partial charge in [-0.05, 0) is 42.8 Å². The molecule has 2 nitrogen and oxygen atoms in total. The van der Waals surface area contributed by atoms with Gasteiger partial charge in [-0.2, -0.15) is 0 Å². The largest absolute Gasteiger partial charge is 0.316 e. The molecule has 0 bridgehead atoms. The van der Waals surface area contributed by atoms with E-state index < -0.39 is 0 Å². The van der Waals surface area contributed by atoms with Crippen molar-refractivity contribution in [1.29, 1.82) is 0 Å². The van der Waals surface area contributed by atoms with Crippen molar-refractivity contribution in [3.05, 3.63) is 77.2 Å². The van der Waals surface area contributed by atoms with Gasteiger partial charge >= 0.3 is 0 Å². The molecule has 0 saturated carbocycles. The van der Waals surface area contributed by atoms with E-state index in [-0.39, 0.29) is 5.82 Å². The van der Waals surface area contributed by atoms with E-state index >= 15 is 0 Å². The highest BCUT2D eigenvalue weighted by atomic mass is 19.1. The van der Waals surface area contributed by atoms with Crippen LogP contribution in [0.4, 0.5) is 4.39 Å². The van der Waals surface area contributed by atoms with Crippen LogP contribution >= 0.6 is 0 Å². The summed E-state index contributed by atoms with van der Waals surface area (Å²) in [6, 6.07) is 15.5. The average Bonchev–Trinajstić information content (AvgIpc) is 2.51. The van der Waals surface area contributed by atoms with Crippen molar-refractivity contribution >= 4 is 10.9 Å². The van der Waals surface area contributed by atoms with Gasteiger partial charge < -0.3 is 5.32 Å². The molecule has 1 heterocycles. The lowest BCUT2D eigenvalue weighted by Crippen LogP contribution is -2.07. The molecule has 0 fully saturated rings. The molecular weight excluding hydrogens is 263 g/mol. The van der Waals surface area contributed by atoms with Gasteiger partial charge in [0, 0.05) is 23.7 Å². The fourth-order valence-electron chi connectivity index (χ4n) is 2.56. The highest BCUT2D eigenvalue weighted by molar-refractivity contribution is 5.82. The van der Waals surface area contributed by atoms with Crippen LogP contribution in [0.15, 0.2) is 54.7 Å². The minimum atomic E-state index is -0.153. The van der Waals surface area contributed by atoms with Crippen molar-refractivity contribution in [2.45, 2.75) is 13.0 Å². The zero-order valence-electron chi connectivity index (χ0n) is 11.9. The number of fused-ring (bicyclic) bond motifs is 1. The van der Waals surface area contributed by atoms with E-state index in [4.69, 9.17) is 0 Å². The summed E-state index contributed by atoms with van der Waals surface area (Å²) in [4.78, 5) is 4.36. The second-order valence-corrected chi connectivity index (χ2v) is 5.12. The van der Waals surface area contributed by atoms with Crippen LogP contribution in [0, 0.1) is 5.82 Å². The van der Waals surface area contributed by atoms with E-state index in [2.05, 4.69) is 16.4 Å². The highest BCUT2D eigenvalue weighted by Crippen LogP contribution is 2.20. The Kier molecular flexibility index (Phi) is 3.93. The first-order valence-corrected chi connectivity index (χ1v) is 7.02. The maximum Gasteiger partial charge on any atom is 0.127 e. The summed E-state index contributed by atoms with van der Waals surface area (Å²) >= 11 is 0. The van der Waals surface area contributed by atoms with E-state index in [0.29, 0.717) is 18.5 Å². The highest BCUT2D eigenvalue weighted by Gasteiger charge is 2.06. The smallest absolute Gasteiger partial charge is 0.127 e. The van der Waals surface area contributed by atoms with Crippen LogP contribution in [-0.2, 0) is 13.0 Å². The Balaban J connectivity index is 1.93. The Labute approximate surface area is 123 Å². The molecule has 1 aromatic heterocycles. The molecule has 0 spiro atoms. The van der Waals surface area contributed by atoms with Crippen LogP contribution in [0.1, 0.15) is 16.7 Å². The van der Waals surface area contributed by atoms with Gasteiger partial charge in [-0.1, -0.05) is 30.3 Å². The minimum Gasteiger partial charge on any atom is -0.316 e. The van der Waals surface area contributed by atoms with Gasteiger partial charge in [-0.3, -0.25) is 4.98 Å². The normalized spacial score (nSPS) is 11.0. The molecule has 3 aromatic rings. The molecule has 0 atom stereocenters. The summed E-state index contributed by atoms with van der Waals surface area (Å²) in [5.74, 6) is -0.153. The summed E-state index contributed by atoms with van der Waals surface area (Å²) in [7, 11) is 1.82. The molecule has 106 valence electrons. The number of aromatic nitrogens is 1. The molecule has 2 aromatic carbocycles. The number of hydrogen-bond acceptors (Lipinski definition) is 2. The fourth-order valence-corrected chi connectivity index (χ4v) is 2.56. The number of pyridine rings is 1. The van der Waals surface area contributed by atoms with Crippen LogP contribution in [0.5, 0.6) is 0 Å². The molecule has 1 N–H and O–H groups in total. The SMILES string of the molecule is CNCc1ccc(Cc2ccnc3ccccc23)cc1F. The van der Waals surface area contributed by atoms with Crippen molar-refractivity contribution < 1.29 is 4.39 Å². The maximum absolute atomic E-state index is 14.0. The lowest BCUT2D eigenvalue weighted by Gasteiger charge is -2.08. The predicted molar refractivity (Wildman–Crippen MR) is 83.7 cm³/mol. The van der Waals surface area contributed by atoms with Crippen LogP contribution < -0.4 is 5.32 Å². The summed E-state index contributed by atoms with van der Waals surface area (Å²) in [6.45, 7) is 0.546. The first-order chi connectivity index (χ1) is 10.3. The van der Waals surface area contributed by atoms with Gasteiger partial charge in [-0.25, -0.2) is 4.39 Å². The Morgan fingerprint density at radius 3 is 2.71 bits per heavy atom. The zero-order valence-corrected chi connectivity index (χ0v) is 11.9. The molecule has 0 amide bonds. The second-order valence-electron chi connectivity index (χ2n) is 5.12. The quantitative estimate of drug-likeness (QED) is 0.788. The molecule has 21 heavy (non-hydrogen) atoms. The standard InChI is InChI=1S/C18H17FN2/c1-20-12-15-7-6-13(11-17(15)19)10-14-8-9-21-18-5-3-2-4-16(14)18/h2-9,11,20H,10,12H2,1H3. The first kappa shape index (κ1) is 13.7. The molecule has 0 radical (unpaired) electrons. The molecule has 0 saturated heterocycles. The van der Waals surface area contributed by atoms with E-state index in [9.17, 15) is 4.39 Å². The minimum absolute atomic E-state index is 0.153. The molecule has 0 aliphatic carbocycles. The lowest BCUT2D eigenvalue weighted by molar-refractivity contribution is 0.599. The lowest BCUT2D eigenvalue weighted by atomic mass is 10.00. The zero-order chi connectivity index (χ0) is 14.7. The number of hydrogen-bond donors (Lipinski definition) is 1. The Hall–Kier alpha value is -2.26. The van der Waals surface area contributed by atoms with E-state index in [1.54, 1.807) is 6.07 Å². The number of rotatable bonds is 4. The molecule has 0 aliphatic heterocycles. The summed E-state index contributed by atoms with van der Waals surface area (Å²) in [6.07, 6.45) is 2.52. The van der Waals surface area contributed by atoms with Crippen LogP contribution in [0.2, 0.25) is 0 Å². The van der Waals surface area contributed by atoms with Gasteiger partial charge in [0.25, 0.3) is 0 Å². The average molecular weight is 280 g/mol. The molecule has 0 unspecified atom stereocenters. The van der Waals surface area contributed by atoms with Gasteiger partial charge in [0.05, 0.1) is 5.52 Å². The Bertz CT molecular complexity index is 763. The maximum atomic E-state index is 14.0.